The third-order valence-electron chi connectivity index (χ3n) is 4.06. The third kappa shape index (κ3) is 3.81. The van der Waals surface area contributed by atoms with Gasteiger partial charge in [0.05, 0.1) is 5.69 Å². The Balaban J connectivity index is 1.68. The van der Waals surface area contributed by atoms with Crippen molar-refractivity contribution in [1.82, 2.24) is 20.2 Å². The van der Waals surface area contributed by atoms with Crippen LogP contribution in [0, 0.1) is 0 Å². The second-order valence-electron chi connectivity index (χ2n) is 5.66. The number of piperazine rings is 1. The molecule has 0 saturated carbocycles. The van der Waals surface area contributed by atoms with Gasteiger partial charge < -0.3 is 16.0 Å². The summed E-state index contributed by atoms with van der Waals surface area (Å²) in [6, 6.07) is 10.2. The zero-order valence-electron chi connectivity index (χ0n) is 12.8. The molecule has 0 bridgehead atoms. The number of aryl methyl sites for hydroxylation is 1. The average molecular weight is 297 g/mol. The lowest BCUT2D eigenvalue weighted by Gasteiger charge is -2.27. The molecule has 0 radical (unpaired) electrons. The number of nitrogens with one attached hydrogen (secondary N) is 1. The molecule has 116 valence electrons. The standard InChI is InChI=1S/C17H23N5/c18-17-20-13-15(7-4-10-22-11-8-19-9-12-22)16(21-17)14-5-2-1-3-6-14/h1-3,5-6,13,19H,4,7-12H2,(H2,18,20,21). The van der Waals surface area contributed by atoms with Gasteiger partial charge in [-0.05, 0) is 24.9 Å². The van der Waals surface area contributed by atoms with Crippen LogP contribution in [0.25, 0.3) is 11.3 Å². The van der Waals surface area contributed by atoms with E-state index >= 15 is 0 Å². The molecule has 0 atom stereocenters. The van der Waals surface area contributed by atoms with Gasteiger partial charge >= 0.3 is 0 Å². The molecular weight excluding hydrogens is 274 g/mol. The highest BCUT2D eigenvalue weighted by Crippen LogP contribution is 2.22. The first kappa shape index (κ1) is 14.9. The minimum atomic E-state index is 0.338. The molecule has 1 saturated heterocycles. The molecule has 2 heterocycles. The molecule has 22 heavy (non-hydrogen) atoms. The first-order chi connectivity index (χ1) is 10.8. The van der Waals surface area contributed by atoms with Crippen LogP contribution in [0.3, 0.4) is 0 Å². The molecule has 1 aromatic heterocycles. The molecule has 3 N–H and O–H groups in total. The fourth-order valence-electron chi connectivity index (χ4n) is 2.88. The number of hydrogen-bond acceptors (Lipinski definition) is 5. The number of benzene rings is 1. The average Bonchev–Trinajstić information content (AvgIpc) is 2.58. The second kappa shape index (κ2) is 7.33. The number of aromatic nitrogens is 2. The third-order valence-corrected chi connectivity index (χ3v) is 4.06. The highest BCUT2D eigenvalue weighted by Gasteiger charge is 2.11. The predicted molar refractivity (Wildman–Crippen MR) is 89.5 cm³/mol. The lowest BCUT2D eigenvalue weighted by atomic mass is 10.0. The molecule has 2 aromatic rings. The zero-order chi connectivity index (χ0) is 15.2. The van der Waals surface area contributed by atoms with Crippen molar-refractivity contribution in [1.29, 1.82) is 0 Å². The molecule has 1 aliphatic rings. The molecule has 3 rings (SSSR count). The summed E-state index contributed by atoms with van der Waals surface area (Å²) in [5.41, 5.74) is 9.02. The first-order valence-corrected chi connectivity index (χ1v) is 7.93. The van der Waals surface area contributed by atoms with Crippen molar-refractivity contribution >= 4 is 5.95 Å². The van der Waals surface area contributed by atoms with E-state index < -0.39 is 0 Å². The van der Waals surface area contributed by atoms with Crippen LogP contribution >= 0.6 is 0 Å². The Bertz CT molecular complexity index is 593. The van der Waals surface area contributed by atoms with E-state index in [1.54, 1.807) is 0 Å². The van der Waals surface area contributed by atoms with E-state index in [1.807, 2.05) is 24.4 Å². The summed E-state index contributed by atoms with van der Waals surface area (Å²) in [5.74, 6) is 0.338. The highest BCUT2D eigenvalue weighted by molar-refractivity contribution is 5.63. The predicted octanol–water partition coefficient (Wildman–Crippen LogP) is 1.56. The maximum atomic E-state index is 5.77. The Hall–Kier alpha value is -1.98. The summed E-state index contributed by atoms with van der Waals surface area (Å²) >= 11 is 0. The van der Waals surface area contributed by atoms with Crippen LogP contribution in [-0.2, 0) is 6.42 Å². The molecule has 1 fully saturated rings. The summed E-state index contributed by atoms with van der Waals surface area (Å²) in [5, 5.41) is 3.38. The Kier molecular flexibility index (Phi) is 4.98. The van der Waals surface area contributed by atoms with Gasteiger partial charge in [0, 0.05) is 37.9 Å². The highest BCUT2D eigenvalue weighted by atomic mass is 15.2. The van der Waals surface area contributed by atoms with E-state index in [2.05, 4.69) is 32.3 Å². The summed E-state index contributed by atoms with van der Waals surface area (Å²) < 4.78 is 0. The molecule has 0 unspecified atom stereocenters. The molecule has 0 spiro atoms. The lowest BCUT2D eigenvalue weighted by Crippen LogP contribution is -2.43. The Morgan fingerprint density at radius 2 is 1.91 bits per heavy atom. The maximum absolute atomic E-state index is 5.77. The van der Waals surface area contributed by atoms with Crippen molar-refractivity contribution in [2.45, 2.75) is 12.8 Å². The van der Waals surface area contributed by atoms with Gasteiger partial charge in [-0.15, -0.1) is 0 Å². The largest absolute Gasteiger partial charge is 0.368 e. The SMILES string of the molecule is Nc1ncc(CCCN2CCNCC2)c(-c2ccccc2)n1. The second-order valence-corrected chi connectivity index (χ2v) is 5.66. The number of nitrogen functional groups attached to an aromatic ring is 1. The van der Waals surface area contributed by atoms with Gasteiger partial charge in [0.15, 0.2) is 0 Å². The van der Waals surface area contributed by atoms with Crippen LogP contribution in [0.4, 0.5) is 5.95 Å². The van der Waals surface area contributed by atoms with Crippen LogP contribution in [0.2, 0.25) is 0 Å². The first-order valence-electron chi connectivity index (χ1n) is 7.93. The van der Waals surface area contributed by atoms with Crippen LogP contribution in [0.5, 0.6) is 0 Å². The van der Waals surface area contributed by atoms with Gasteiger partial charge in [0.1, 0.15) is 0 Å². The number of nitrogens with two attached hydrogens (primary N) is 1. The Morgan fingerprint density at radius 1 is 1.14 bits per heavy atom. The zero-order valence-corrected chi connectivity index (χ0v) is 12.8. The van der Waals surface area contributed by atoms with Crippen molar-refractivity contribution in [3.63, 3.8) is 0 Å². The molecule has 1 aromatic carbocycles. The van der Waals surface area contributed by atoms with Crippen molar-refractivity contribution < 1.29 is 0 Å². The van der Waals surface area contributed by atoms with Crippen LogP contribution in [0.15, 0.2) is 36.5 Å². The number of anilines is 1. The van der Waals surface area contributed by atoms with Gasteiger partial charge in [-0.25, -0.2) is 9.97 Å². The fourth-order valence-corrected chi connectivity index (χ4v) is 2.88. The molecule has 0 aliphatic carbocycles. The van der Waals surface area contributed by atoms with E-state index in [4.69, 9.17) is 5.73 Å². The van der Waals surface area contributed by atoms with Crippen molar-refractivity contribution in [2.24, 2.45) is 0 Å². The van der Waals surface area contributed by atoms with Crippen LogP contribution in [-0.4, -0.2) is 47.6 Å². The topological polar surface area (TPSA) is 67.1 Å². The van der Waals surface area contributed by atoms with E-state index in [-0.39, 0.29) is 0 Å². The summed E-state index contributed by atoms with van der Waals surface area (Å²) in [6.07, 6.45) is 3.98. The van der Waals surface area contributed by atoms with Crippen molar-refractivity contribution in [3.8, 4) is 11.3 Å². The number of nitrogens with zero attached hydrogens (tertiary/aromatic N) is 3. The lowest BCUT2D eigenvalue weighted by molar-refractivity contribution is 0.238. The molecular formula is C17H23N5. The number of rotatable bonds is 5. The van der Waals surface area contributed by atoms with Crippen LogP contribution < -0.4 is 11.1 Å². The summed E-state index contributed by atoms with van der Waals surface area (Å²) in [7, 11) is 0. The smallest absolute Gasteiger partial charge is 0.220 e. The monoisotopic (exact) mass is 297 g/mol. The fraction of sp³-hybridized carbons (Fsp3) is 0.412. The molecule has 0 amide bonds. The molecule has 5 heteroatoms. The van der Waals surface area contributed by atoms with Crippen LogP contribution in [0.1, 0.15) is 12.0 Å². The van der Waals surface area contributed by atoms with E-state index in [0.717, 1.165) is 56.8 Å². The minimum Gasteiger partial charge on any atom is -0.368 e. The molecule has 5 nitrogen and oxygen atoms in total. The molecule has 1 aliphatic heterocycles. The van der Waals surface area contributed by atoms with Gasteiger partial charge in [0.25, 0.3) is 0 Å². The Morgan fingerprint density at radius 3 is 2.68 bits per heavy atom. The van der Waals surface area contributed by atoms with E-state index in [0.29, 0.717) is 5.95 Å². The van der Waals surface area contributed by atoms with Gasteiger partial charge in [-0.1, -0.05) is 30.3 Å². The van der Waals surface area contributed by atoms with Crippen molar-refractivity contribution in [3.05, 3.63) is 42.1 Å². The maximum Gasteiger partial charge on any atom is 0.220 e. The van der Waals surface area contributed by atoms with E-state index in [1.165, 1.54) is 5.56 Å². The van der Waals surface area contributed by atoms with Gasteiger partial charge in [-0.3, -0.25) is 0 Å². The van der Waals surface area contributed by atoms with E-state index in [9.17, 15) is 0 Å². The van der Waals surface area contributed by atoms with Gasteiger partial charge in [-0.2, -0.15) is 0 Å². The quantitative estimate of drug-likeness (QED) is 0.877. The van der Waals surface area contributed by atoms with Crippen molar-refractivity contribution in [2.75, 3.05) is 38.5 Å². The minimum absolute atomic E-state index is 0.338. The Labute approximate surface area is 131 Å². The van der Waals surface area contributed by atoms with Gasteiger partial charge in [0.2, 0.25) is 5.95 Å². The number of hydrogen-bond donors (Lipinski definition) is 2. The summed E-state index contributed by atoms with van der Waals surface area (Å²) in [4.78, 5) is 11.1. The normalized spacial score (nSPS) is 15.8. The summed E-state index contributed by atoms with van der Waals surface area (Å²) in [6.45, 7) is 5.61.